The predicted molar refractivity (Wildman–Crippen MR) is 130 cm³/mol. The Hall–Kier alpha value is -3.03. The summed E-state index contributed by atoms with van der Waals surface area (Å²) in [7, 11) is 0. The van der Waals surface area contributed by atoms with Crippen LogP contribution in [0.5, 0.6) is 5.75 Å². The van der Waals surface area contributed by atoms with Crippen LogP contribution >= 0.6 is 11.8 Å². The number of rotatable bonds is 7. The number of piperazine rings is 1. The van der Waals surface area contributed by atoms with E-state index in [9.17, 15) is 9.59 Å². The number of hydrogen-bond acceptors (Lipinski definition) is 6. The van der Waals surface area contributed by atoms with E-state index in [-0.39, 0.29) is 11.1 Å². The van der Waals surface area contributed by atoms with Crippen molar-refractivity contribution in [2.75, 3.05) is 44.4 Å². The number of anilines is 1. The minimum atomic E-state index is -0.250. The van der Waals surface area contributed by atoms with E-state index >= 15 is 0 Å². The number of aryl methyl sites for hydroxylation is 1. The Labute approximate surface area is 193 Å². The van der Waals surface area contributed by atoms with Gasteiger partial charge in [-0.1, -0.05) is 43.0 Å². The zero-order chi connectivity index (χ0) is 22.5. The standard InChI is InChI=1S/C25H27N3O3S/c1-3-15-31-22-10-5-4-8-20(22)17-23-24(29)28(25(30)32-23)18-26-11-13-27(14-12-26)21-9-6-7-19(2)16-21/h3-10,16-17H,1,11-15,18H2,2H3. The number of imide groups is 1. The average Bonchev–Trinajstić information content (AvgIpc) is 3.06. The Morgan fingerprint density at radius 3 is 2.59 bits per heavy atom. The van der Waals surface area contributed by atoms with Crippen molar-refractivity contribution in [3.63, 3.8) is 0 Å². The van der Waals surface area contributed by atoms with Crippen molar-refractivity contribution in [3.8, 4) is 5.75 Å². The van der Waals surface area contributed by atoms with Crippen LogP contribution in [0, 0.1) is 6.92 Å². The van der Waals surface area contributed by atoms with Gasteiger partial charge in [0.2, 0.25) is 0 Å². The van der Waals surface area contributed by atoms with Gasteiger partial charge in [-0.2, -0.15) is 0 Å². The first kappa shape index (κ1) is 22.2. The van der Waals surface area contributed by atoms with E-state index < -0.39 is 0 Å². The fourth-order valence-electron chi connectivity index (χ4n) is 3.82. The molecule has 0 bridgehead atoms. The van der Waals surface area contributed by atoms with Crippen LogP contribution in [-0.2, 0) is 4.79 Å². The van der Waals surface area contributed by atoms with Gasteiger partial charge in [-0.05, 0) is 48.5 Å². The second kappa shape index (κ2) is 10.1. The van der Waals surface area contributed by atoms with E-state index in [1.807, 2.05) is 24.3 Å². The molecule has 0 atom stereocenters. The summed E-state index contributed by atoms with van der Waals surface area (Å²) in [5, 5.41) is -0.230. The number of para-hydroxylation sites is 1. The lowest BCUT2D eigenvalue weighted by atomic mass is 10.2. The molecule has 2 aromatic rings. The maximum Gasteiger partial charge on any atom is 0.294 e. The van der Waals surface area contributed by atoms with E-state index in [0.29, 0.717) is 23.9 Å². The van der Waals surface area contributed by atoms with E-state index in [2.05, 4.69) is 47.6 Å². The largest absolute Gasteiger partial charge is 0.489 e. The molecule has 2 aliphatic heterocycles. The molecule has 2 fully saturated rings. The lowest BCUT2D eigenvalue weighted by Crippen LogP contribution is -2.50. The predicted octanol–water partition coefficient (Wildman–Crippen LogP) is 4.38. The highest BCUT2D eigenvalue weighted by atomic mass is 32.2. The van der Waals surface area contributed by atoms with E-state index in [0.717, 1.165) is 43.5 Å². The molecule has 2 amide bonds. The quantitative estimate of drug-likeness (QED) is 0.462. The molecular weight excluding hydrogens is 422 g/mol. The molecule has 0 N–H and O–H groups in total. The van der Waals surface area contributed by atoms with Gasteiger partial charge in [-0.25, -0.2) is 0 Å². The van der Waals surface area contributed by atoms with Crippen LogP contribution in [0.1, 0.15) is 11.1 Å². The molecule has 0 aromatic heterocycles. The van der Waals surface area contributed by atoms with Crippen molar-refractivity contribution in [1.29, 1.82) is 0 Å². The SMILES string of the molecule is C=CCOc1ccccc1C=C1SC(=O)N(CN2CCN(c3cccc(C)c3)CC2)C1=O. The van der Waals surface area contributed by atoms with Gasteiger partial charge in [0.15, 0.2) is 0 Å². The molecule has 32 heavy (non-hydrogen) atoms. The van der Waals surface area contributed by atoms with Gasteiger partial charge < -0.3 is 9.64 Å². The highest BCUT2D eigenvalue weighted by molar-refractivity contribution is 8.18. The van der Waals surface area contributed by atoms with Crippen LogP contribution in [0.25, 0.3) is 6.08 Å². The highest BCUT2D eigenvalue weighted by Crippen LogP contribution is 2.34. The third-order valence-corrected chi connectivity index (χ3v) is 6.42. The molecule has 166 valence electrons. The molecule has 0 aliphatic carbocycles. The normalized spacial score (nSPS) is 18.5. The summed E-state index contributed by atoms with van der Waals surface area (Å²) in [5.74, 6) is 0.408. The maximum atomic E-state index is 13.0. The average molecular weight is 450 g/mol. The fraction of sp³-hybridized carbons (Fsp3) is 0.280. The maximum absolute atomic E-state index is 13.0. The third kappa shape index (κ3) is 5.06. The third-order valence-electron chi connectivity index (χ3n) is 5.52. The molecule has 6 nitrogen and oxygen atoms in total. The van der Waals surface area contributed by atoms with Crippen molar-refractivity contribution in [2.45, 2.75) is 6.92 Å². The first-order valence-electron chi connectivity index (χ1n) is 10.7. The molecule has 0 radical (unpaired) electrons. The summed E-state index contributed by atoms with van der Waals surface area (Å²) in [4.78, 5) is 31.8. The van der Waals surface area contributed by atoms with Crippen LogP contribution in [0.15, 0.2) is 66.1 Å². The summed E-state index contributed by atoms with van der Waals surface area (Å²) in [5.41, 5.74) is 3.23. The molecule has 2 aromatic carbocycles. The smallest absolute Gasteiger partial charge is 0.294 e. The Morgan fingerprint density at radius 2 is 1.84 bits per heavy atom. The topological polar surface area (TPSA) is 53.1 Å². The number of carbonyl (C=O) groups excluding carboxylic acids is 2. The van der Waals surface area contributed by atoms with Crippen LogP contribution < -0.4 is 9.64 Å². The molecule has 7 heteroatoms. The van der Waals surface area contributed by atoms with Crippen molar-refractivity contribution >= 4 is 34.7 Å². The van der Waals surface area contributed by atoms with Crippen molar-refractivity contribution < 1.29 is 14.3 Å². The van der Waals surface area contributed by atoms with Gasteiger partial charge in [0.1, 0.15) is 12.4 Å². The molecule has 2 heterocycles. The van der Waals surface area contributed by atoms with Crippen LogP contribution in [0.2, 0.25) is 0 Å². The number of hydrogen-bond donors (Lipinski definition) is 0. The van der Waals surface area contributed by atoms with Crippen LogP contribution in [0.3, 0.4) is 0 Å². The van der Waals surface area contributed by atoms with Gasteiger partial charge in [0.25, 0.3) is 11.1 Å². The molecule has 4 rings (SSSR count). The second-order valence-corrected chi connectivity index (χ2v) is 8.83. The number of nitrogens with zero attached hydrogens (tertiary/aromatic N) is 3. The van der Waals surface area contributed by atoms with Crippen molar-refractivity contribution in [2.24, 2.45) is 0 Å². The minimum Gasteiger partial charge on any atom is -0.489 e. The molecule has 0 saturated carbocycles. The minimum absolute atomic E-state index is 0.230. The molecule has 2 aliphatic rings. The van der Waals surface area contributed by atoms with Crippen LogP contribution in [0.4, 0.5) is 10.5 Å². The number of amides is 2. The first-order chi connectivity index (χ1) is 15.5. The molecule has 2 saturated heterocycles. The van der Waals surface area contributed by atoms with Crippen molar-refractivity contribution in [1.82, 2.24) is 9.80 Å². The second-order valence-electron chi connectivity index (χ2n) is 7.83. The highest BCUT2D eigenvalue weighted by Gasteiger charge is 2.36. The summed E-state index contributed by atoms with van der Waals surface area (Å²) in [6.45, 7) is 9.78. The molecule has 0 unspecified atom stereocenters. The van der Waals surface area contributed by atoms with Gasteiger partial charge in [0.05, 0.1) is 11.6 Å². The lowest BCUT2D eigenvalue weighted by Gasteiger charge is -2.37. The van der Waals surface area contributed by atoms with E-state index in [1.165, 1.54) is 16.2 Å². The Bertz CT molecular complexity index is 1040. The first-order valence-corrected chi connectivity index (χ1v) is 11.5. The monoisotopic (exact) mass is 449 g/mol. The molecule has 0 spiro atoms. The van der Waals surface area contributed by atoms with E-state index in [1.54, 1.807) is 12.2 Å². The van der Waals surface area contributed by atoms with Gasteiger partial charge >= 0.3 is 0 Å². The summed E-state index contributed by atoms with van der Waals surface area (Å²) < 4.78 is 5.67. The zero-order valence-corrected chi connectivity index (χ0v) is 19.0. The fourth-order valence-corrected chi connectivity index (χ4v) is 4.64. The number of carbonyl (C=O) groups is 2. The van der Waals surface area contributed by atoms with Gasteiger partial charge in [0, 0.05) is 37.4 Å². The Balaban J connectivity index is 1.39. The van der Waals surface area contributed by atoms with Crippen LogP contribution in [-0.4, -0.2) is 60.4 Å². The lowest BCUT2D eigenvalue weighted by molar-refractivity contribution is -0.124. The Kier molecular flexibility index (Phi) is 6.97. The number of benzene rings is 2. The number of ether oxygens (including phenoxy) is 1. The summed E-state index contributed by atoms with van der Waals surface area (Å²) in [6, 6.07) is 15.9. The summed E-state index contributed by atoms with van der Waals surface area (Å²) >= 11 is 0.983. The Morgan fingerprint density at radius 1 is 1.06 bits per heavy atom. The zero-order valence-electron chi connectivity index (χ0n) is 18.2. The molecular formula is C25H27N3O3S. The van der Waals surface area contributed by atoms with Crippen molar-refractivity contribution in [3.05, 3.63) is 77.2 Å². The summed E-state index contributed by atoms with van der Waals surface area (Å²) in [6.07, 6.45) is 3.41. The van der Waals surface area contributed by atoms with E-state index in [4.69, 9.17) is 4.74 Å². The van der Waals surface area contributed by atoms with Gasteiger partial charge in [-0.3, -0.25) is 19.4 Å². The van der Waals surface area contributed by atoms with Gasteiger partial charge in [-0.15, -0.1) is 0 Å². The number of thioether (sulfide) groups is 1.